The molecule has 20 nitrogen and oxygen atoms in total. The Balaban J connectivity index is 1.83. The van der Waals surface area contributed by atoms with Gasteiger partial charge in [-0.1, -0.05) is 5.11 Å². The minimum atomic E-state index is -5.74. The molecular formula is C11H17N8O12P3. The third-order valence-electron chi connectivity index (χ3n) is 4.50. The van der Waals surface area contributed by atoms with Gasteiger partial charge in [-0.3, -0.25) is 4.52 Å². The highest BCUT2D eigenvalue weighted by molar-refractivity contribution is 7.66. The van der Waals surface area contributed by atoms with Crippen LogP contribution in [0.25, 0.3) is 16.1 Å². The summed E-state index contributed by atoms with van der Waals surface area (Å²) >= 11 is 0. The van der Waals surface area contributed by atoms with Crippen LogP contribution in [-0.4, -0.2) is 68.6 Å². The van der Waals surface area contributed by atoms with Gasteiger partial charge in [-0.15, -0.1) is 0 Å². The first-order valence-electron chi connectivity index (χ1n) is 8.71. The standard InChI is InChI=1S/C11H17N8O12P3/c1-11(17-18-13)7(20)6(3-28-33(24,25)31-34(26,27)30-32(21,22)23)29-8(11)5-2-14-10-9(12)15-4-16-19(5)10/h2,4,6-8,20H,3H2,1H3,(H,24,25)(H,26,27)(H2,12,15,16)(H2,21,22,23)/t6-,7-,8+,11-/m1/s1. The van der Waals surface area contributed by atoms with Crippen molar-refractivity contribution in [1.82, 2.24) is 19.6 Å². The van der Waals surface area contributed by atoms with Crippen molar-refractivity contribution >= 4 is 34.9 Å². The molecule has 0 aliphatic carbocycles. The maximum atomic E-state index is 12.0. The molecule has 1 saturated heterocycles. The van der Waals surface area contributed by atoms with E-state index in [-0.39, 0.29) is 17.2 Å². The maximum Gasteiger partial charge on any atom is 0.490 e. The molecule has 3 rings (SSSR count). The third kappa shape index (κ3) is 5.62. The predicted octanol–water partition coefficient (Wildman–Crippen LogP) is -0.0804. The number of nitrogens with zero attached hydrogens (tertiary/aromatic N) is 7. The van der Waals surface area contributed by atoms with Gasteiger partial charge in [0.05, 0.1) is 24.6 Å². The van der Waals surface area contributed by atoms with Crippen LogP contribution in [-0.2, 0) is 31.6 Å². The lowest BCUT2D eigenvalue weighted by Gasteiger charge is -2.26. The molecule has 0 aromatic carbocycles. The van der Waals surface area contributed by atoms with E-state index in [1.807, 2.05) is 0 Å². The summed E-state index contributed by atoms with van der Waals surface area (Å²) in [5.41, 5.74) is 13.3. The minimum absolute atomic E-state index is 0.00879. The summed E-state index contributed by atoms with van der Waals surface area (Å²) in [4.78, 5) is 46.5. The average molecular weight is 546 g/mol. The van der Waals surface area contributed by atoms with E-state index in [4.69, 9.17) is 25.8 Å². The number of nitrogen functional groups attached to an aromatic ring is 1. The van der Waals surface area contributed by atoms with Gasteiger partial charge in [0.2, 0.25) is 0 Å². The van der Waals surface area contributed by atoms with E-state index in [1.165, 1.54) is 17.6 Å². The van der Waals surface area contributed by atoms with E-state index in [9.17, 15) is 28.6 Å². The zero-order chi connectivity index (χ0) is 25.5. The molecule has 0 spiro atoms. The van der Waals surface area contributed by atoms with Crippen molar-refractivity contribution in [2.75, 3.05) is 12.3 Å². The number of imidazole rings is 1. The zero-order valence-electron chi connectivity index (χ0n) is 16.7. The molecule has 2 unspecified atom stereocenters. The summed E-state index contributed by atoms with van der Waals surface area (Å²) < 4.78 is 52.7. The number of fused-ring (bicyclic) bond motifs is 1. The molecule has 1 aliphatic rings. The topological polar surface area (TPSA) is 307 Å². The van der Waals surface area contributed by atoms with Crippen molar-refractivity contribution in [3.8, 4) is 0 Å². The Morgan fingerprint density at radius 1 is 1.26 bits per heavy atom. The fourth-order valence-electron chi connectivity index (χ4n) is 3.13. The Bertz CT molecular complexity index is 1280. The van der Waals surface area contributed by atoms with Gasteiger partial charge < -0.3 is 35.2 Å². The molecule has 2 aromatic rings. The molecule has 0 radical (unpaired) electrons. The Morgan fingerprint density at radius 3 is 2.56 bits per heavy atom. The van der Waals surface area contributed by atoms with Crippen LogP contribution >= 0.6 is 23.5 Å². The smallest absolute Gasteiger partial charge is 0.389 e. The van der Waals surface area contributed by atoms with Gasteiger partial charge in [0.25, 0.3) is 0 Å². The number of aliphatic hydroxyl groups is 1. The molecule has 188 valence electrons. The zero-order valence-corrected chi connectivity index (χ0v) is 19.4. The highest BCUT2D eigenvalue weighted by Crippen LogP contribution is 2.66. The Labute approximate surface area is 188 Å². The predicted molar refractivity (Wildman–Crippen MR) is 106 cm³/mol. The summed E-state index contributed by atoms with van der Waals surface area (Å²) in [7, 11) is -16.8. The SMILES string of the molecule is C[C@@]1(N=[N+]=[N-])[C@H](O)[C@@H](COP(=O)(O)OP(=O)(O)OP(=O)(O)O)O[C@H]1c1cnc2c(N)ncnn12. The Hall–Kier alpha value is -2.01. The highest BCUT2D eigenvalue weighted by Gasteiger charge is 2.55. The van der Waals surface area contributed by atoms with Crippen LogP contribution in [0.4, 0.5) is 5.82 Å². The van der Waals surface area contributed by atoms with Crippen LogP contribution in [0, 0.1) is 0 Å². The van der Waals surface area contributed by atoms with E-state index in [0.717, 1.165) is 6.33 Å². The normalized spacial score (nSPS) is 28.8. The summed E-state index contributed by atoms with van der Waals surface area (Å²) in [6.07, 6.45) is -2.05. The molecular weight excluding hydrogens is 529 g/mol. The molecule has 0 bridgehead atoms. The molecule has 0 saturated carbocycles. The van der Waals surface area contributed by atoms with Gasteiger partial charge in [-0.05, 0) is 12.5 Å². The number of nitrogens with two attached hydrogens (primary N) is 1. The number of ether oxygens (including phenoxy) is 1. The first-order chi connectivity index (χ1) is 15.6. The van der Waals surface area contributed by atoms with Crippen LogP contribution in [0.2, 0.25) is 0 Å². The summed E-state index contributed by atoms with van der Waals surface area (Å²) in [6, 6.07) is 0. The third-order valence-corrected chi connectivity index (χ3v) is 8.30. The second-order valence-electron chi connectivity index (χ2n) is 6.87. The summed E-state index contributed by atoms with van der Waals surface area (Å²) in [5, 5.41) is 18.3. The molecule has 1 fully saturated rings. The molecule has 0 amide bonds. The molecule has 34 heavy (non-hydrogen) atoms. The van der Waals surface area contributed by atoms with Crippen molar-refractivity contribution in [3.63, 3.8) is 0 Å². The van der Waals surface area contributed by atoms with Crippen LogP contribution in [0.5, 0.6) is 0 Å². The quantitative estimate of drug-likeness (QED) is 0.104. The van der Waals surface area contributed by atoms with Crippen LogP contribution in [0.3, 0.4) is 0 Å². The average Bonchev–Trinajstić information content (AvgIpc) is 3.19. The highest BCUT2D eigenvalue weighted by atomic mass is 31.3. The largest absolute Gasteiger partial charge is 0.490 e. The number of phosphoric acid groups is 3. The van der Waals surface area contributed by atoms with Gasteiger partial charge in [0, 0.05) is 4.91 Å². The van der Waals surface area contributed by atoms with Crippen LogP contribution < -0.4 is 5.73 Å². The van der Waals surface area contributed by atoms with Crippen LogP contribution in [0.15, 0.2) is 17.6 Å². The van der Waals surface area contributed by atoms with Gasteiger partial charge in [0.15, 0.2) is 11.5 Å². The first kappa shape index (κ1) is 26.6. The van der Waals surface area contributed by atoms with Crippen LogP contribution in [0.1, 0.15) is 18.7 Å². The number of aromatic nitrogens is 4. The van der Waals surface area contributed by atoms with E-state index in [2.05, 4.69) is 38.2 Å². The Kier molecular flexibility index (Phi) is 7.21. The number of anilines is 1. The molecule has 7 N–H and O–H groups in total. The second-order valence-corrected chi connectivity index (χ2v) is 11.3. The minimum Gasteiger partial charge on any atom is -0.389 e. The van der Waals surface area contributed by atoms with Gasteiger partial charge >= 0.3 is 23.5 Å². The Morgan fingerprint density at radius 2 is 1.94 bits per heavy atom. The lowest BCUT2D eigenvalue weighted by Crippen LogP contribution is -2.41. The fourth-order valence-corrected chi connectivity index (χ4v) is 6.16. The van der Waals surface area contributed by atoms with E-state index >= 15 is 0 Å². The summed E-state index contributed by atoms with van der Waals surface area (Å²) in [5.74, 6) is 0.00879. The van der Waals surface area contributed by atoms with E-state index in [1.54, 1.807) is 0 Å². The molecule has 23 heteroatoms. The molecule has 2 aromatic heterocycles. The van der Waals surface area contributed by atoms with Crippen molar-refractivity contribution in [2.24, 2.45) is 5.11 Å². The number of azide groups is 1. The van der Waals surface area contributed by atoms with Crippen molar-refractivity contribution in [3.05, 3.63) is 28.7 Å². The maximum absolute atomic E-state index is 12.0. The van der Waals surface area contributed by atoms with Gasteiger partial charge in [0.1, 0.15) is 24.1 Å². The van der Waals surface area contributed by atoms with E-state index < -0.39 is 53.9 Å². The lowest BCUT2D eigenvalue weighted by molar-refractivity contribution is -0.0235. The molecule has 6 atom stereocenters. The van der Waals surface area contributed by atoms with E-state index in [0.29, 0.717) is 0 Å². The number of hydrogen-bond donors (Lipinski definition) is 6. The molecule has 3 heterocycles. The first-order valence-corrected chi connectivity index (χ1v) is 13.2. The monoisotopic (exact) mass is 546 g/mol. The van der Waals surface area contributed by atoms with Gasteiger partial charge in [-0.2, -0.15) is 13.7 Å². The molecule has 1 aliphatic heterocycles. The van der Waals surface area contributed by atoms with Crippen molar-refractivity contribution in [1.29, 1.82) is 0 Å². The number of rotatable bonds is 9. The fraction of sp³-hybridized carbons (Fsp3) is 0.545. The van der Waals surface area contributed by atoms with Crippen molar-refractivity contribution < 1.29 is 56.3 Å². The summed E-state index contributed by atoms with van der Waals surface area (Å²) in [6.45, 7) is 0.322. The number of aliphatic hydroxyl groups excluding tert-OH is 1. The second kappa shape index (κ2) is 9.22. The number of phosphoric ester groups is 1. The lowest BCUT2D eigenvalue weighted by atomic mass is 9.88. The van der Waals surface area contributed by atoms with Gasteiger partial charge in [-0.25, -0.2) is 28.2 Å². The number of hydrogen-bond acceptors (Lipinski definition) is 13. The van der Waals surface area contributed by atoms with Crippen molar-refractivity contribution in [2.45, 2.75) is 30.8 Å².